The summed E-state index contributed by atoms with van der Waals surface area (Å²) in [5.74, 6) is 7.21. The molecule has 0 aromatic rings. The quantitative estimate of drug-likeness (QED) is 0.342. The van der Waals surface area contributed by atoms with Crippen LogP contribution in [0.25, 0.3) is 0 Å². The number of carbonyl (C=O) groups excluding carboxylic acids is 1. The SMILES string of the molecule is CC(CN)CSCC(C)(C)C(=O)NN. The molecule has 1 atom stereocenters. The van der Waals surface area contributed by atoms with Crippen molar-refractivity contribution in [3.63, 3.8) is 0 Å². The Bertz CT molecular complexity index is 185. The predicted molar refractivity (Wildman–Crippen MR) is 61.7 cm³/mol. The van der Waals surface area contributed by atoms with E-state index in [9.17, 15) is 4.79 Å². The van der Waals surface area contributed by atoms with Gasteiger partial charge in [-0.2, -0.15) is 11.8 Å². The summed E-state index contributed by atoms with van der Waals surface area (Å²) in [6.07, 6.45) is 0. The average Bonchev–Trinajstić information content (AvgIpc) is 2.15. The first-order valence-electron chi connectivity index (χ1n) is 4.73. The van der Waals surface area contributed by atoms with Crippen LogP contribution in [0.1, 0.15) is 20.8 Å². The minimum absolute atomic E-state index is 0.120. The van der Waals surface area contributed by atoms with Crippen LogP contribution in [0, 0.1) is 11.3 Å². The maximum Gasteiger partial charge on any atom is 0.240 e. The van der Waals surface area contributed by atoms with Gasteiger partial charge in [-0.15, -0.1) is 0 Å². The van der Waals surface area contributed by atoms with Gasteiger partial charge >= 0.3 is 0 Å². The molecule has 4 nitrogen and oxygen atoms in total. The second-order valence-electron chi connectivity index (χ2n) is 4.21. The molecule has 0 aliphatic heterocycles. The monoisotopic (exact) mass is 219 g/mol. The van der Waals surface area contributed by atoms with E-state index >= 15 is 0 Å². The van der Waals surface area contributed by atoms with E-state index in [1.54, 1.807) is 11.8 Å². The van der Waals surface area contributed by atoms with E-state index in [1.165, 1.54) is 0 Å². The molecule has 0 spiro atoms. The van der Waals surface area contributed by atoms with Crippen LogP contribution in [-0.4, -0.2) is 24.0 Å². The molecule has 1 amide bonds. The van der Waals surface area contributed by atoms with Crippen molar-refractivity contribution in [2.24, 2.45) is 22.9 Å². The first kappa shape index (κ1) is 13.7. The van der Waals surface area contributed by atoms with Crippen LogP contribution in [0.3, 0.4) is 0 Å². The zero-order chi connectivity index (χ0) is 11.2. The number of thioether (sulfide) groups is 1. The fourth-order valence-electron chi connectivity index (χ4n) is 0.844. The molecular weight excluding hydrogens is 198 g/mol. The average molecular weight is 219 g/mol. The van der Waals surface area contributed by atoms with Gasteiger partial charge in [-0.25, -0.2) is 5.84 Å². The molecule has 0 aliphatic carbocycles. The predicted octanol–water partition coefficient (Wildman–Crippen LogP) is 0.331. The van der Waals surface area contributed by atoms with Gasteiger partial charge in [0.1, 0.15) is 0 Å². The summed E-state index contributed by atoms with van der Waals surface area (Å²) in [4.78, 5) is 11.3. The first-order chi connectivity index (χ1) is 6.44. The van der Waals surface area contributed by atoms with Crippen LogP contribution in [0.5, 0.6) is 0 Å². The first-order valence-corrected chi connectivity index (χ1v) is 5.88. The van der Waals surface area contributed by atoms with Gasteiger partial charge in [-0.3, -0.25) is 10.2 Å². The molecule has 84 valence electrons. The number of rotatable bonds is 6. The highest BCUT2D eigenvalue weighted by molar-refractivity contribution is 7.99. The number of nitrogens with one attached hydrogen (secondary N) is 1. The Balaban J connectivity index is 3.82. The molecule has 0 heterocycles. The van der Waals surface area contributed by atoms with Crippen LogP contribution in [-0.2, 0) is 4.79 Å². The van der Waals surface area contributed by atoms with Gasteiger partial charge in [0.15, 0.2) is 0 Å². The highest BCUT2D eigenvalue weighted by Crippen LogP contribution is 2.22. The van der Waals surface area contributed by atoms with Crippen molar-refractivity contribution < 1.29 is 4.79 Å². The van der Waals surface area contributed by atoms with Crippen molar-refractivity contribution in [2.75, 3.05) is 18.1 Å². The molecule has 0 saturated heterocycles. The Kier molecular flexibility index (Phi) is 6.15. The third-order valence-electron chi connectivity index (χ3n) is 2.01. The molecule has 5 heteroatoms. The van der Waals surface area contributed by atoms with Crippen molar-refractivity contribution >= 4 is 17.7 Å². The molecule has 0 fully saturated rings. The zero-order valence-corrected chi connectivity index (χ0v) is 9.99. The van der Waals surface area contributed by atoms with E-state index in [0.29, 0.717) is 12.5 Å². The van der Waals surface area contributed by atoms with Crippen molar-refractivity contribution in [1.29, 1.82) is 0 Å². The Hall–Kier alpha value is -0.260. The van der Waals surface area contributed by atoms with Crippen LogP contribution in [0.4, 0.5) is 0 Å². The normalized spacial score (nSPS) is 13.8. The van der Waals surface area contributed by atoms with E-state index in [0.717, 1.165) is 11.5 Å². The fraction of sp³-hybridized carbons (Fsp3) is 0.889. The number of hydrazine groups is 1. The molecule has 1 unspecified atom stereocenters. The molecular formula is C9H21N3OS. The van der Waals surface area contributed by atoms with Gasteiger partial charge in [0, 0.05) is 5.75 Å². The lowest BCUT2D eigenvalue weighted by Gasteiger charge is -2.22. The van der Waals surface area contributed by atoms with Crippen molar-refractivity contribution in [2.45, 2.75) is 20.8 Å². The molecule has 0 bridgehead atoms. The summed E-state index contributed by atoms with van der Waals surface area (Å²) in [6.45, 7) is 6.56. The lowest BCUT2D eigenvalue weighted by atomic mass is 9.96. The highest BCUT2D eigenvalue weighted by atomic mass is 32.2. The maximum absolute atomic E-state index is 11.3. The Morgan fingerprint density at radius 3 is 2.57 bits per heavy atom. The zero-order valence-electron chi connectivity index (χ0n) is 9.17. The van der Waals surface area contributed by atoms with Gasteiger partial charge in [0.2, 0.25) is 5.91 Å². The van der Waals surface area contributed by atoms with Crippen molar-refractivity contribution in [1.82, 2.24) is 5.43 Å². The van der Waals surface area contributed by atoms with Crippen LogP contribution >= 0.6 is 11.8 Å². The molecule has 0 rings (SSSR count). The van der Waals surface area contributed by atoms with Crippen molar-refractivity contribution in [3.8, 4) is 0 Å². The van der Waals surface area contributed by atoms with Crippen LogP contribution < -0.4 is 17.0 Å². The molecule has 0 saturated carbocycles. The maximum atomic E-state index is 11.3. The summed E-state index contributed by atoms with van der Waals surface area (Å²) < 4.78 is 0. The standard InChI is InChI=1S/C9H21N3OS/c1-7(4-10)5-14-6-9(2,3)8(13)12-11/h7H,4-6,10-11H2,1-3H3,(H,12,13). The van der Waals surface area contributed by atoms with E-state index < -0.39 is 5.41 Å². The summed E-state index contributed by atoms with van der Waals surface area (Å²) in [6, 6.07) is 0. The topological polar surface area (TPSA) is 81.1 Å². The molecule has 14 heavy (non-hydrogen) atoms. The third kappa shape index (κ3) is 4.83. The lowest BCUT2D eigenvalue weighted by molar-refractivity contribution is -0.128. The molecule has 0 radical (unpaired) electrons. The van der Waals surface area contributed by atoms with Gasteiger partial charge in [-0.05, 0) is 18.2 Å². The Morgan fingerprint density at radius 1 is 1.57 bits per heavy atom. The Morgan fingerprint density at radius 2 is 2.14 bits per heavy atom. The minimum Gasteiger partial charge on any atom is -0.330 e. The number of hydrogen-bond donors (Lipinski definition) is 3. The summed E-state index contributed by atoms with van der Waals surface area (Å²) in [5.41, 5.74) is 7.27. The molecule has 0 aromatic heterocycles. The number of nitrogens with two attached hydrogens (primary N) is 2. The smallest absolute Gasteiger partial charge is 0.240 e. The van der Waals surface area contributed by atoms with E-state index in [2.05, 4.69) is 12.3 Å². The van der Waals surface area contributed by atoms with Gasteiger partial charge in [0.25, 0.3) is 0 Å². The second-order valence-corrected chi connectivity index (χ2v) is 5.24. The van der Waals surface area contributed by atoms with Crippen molar-refractivity contribution in [3.05, 3.63) is 0 Å². The Labute approximate surface area is 90.1 Å². The summed E-state index contributed by atoms with van der Waals surface area (Å²) >= 11 is 1.74. The fourth-order valence-corrected chi connectivity index (χ4v) is 2.14. The number of amides is 1. The lowest BCUT2D eigenvalue weighted by Crippen LogP contribution is -2.42. The number of carbonyl (C=O) groups is 1. The minimum atomic E-state index is -0.409. The summed E-state index contributed by atoms with van der Waals surface area (Å²) in [7, 11) is 0. The van der Waals surface area contributed by atoms with Gasteiger partial charge in [-0.1, -0.05) is 20.8 Å². The van der Waals surface area contributed by atoms with Crippen LogP contribution in [0.15, 0.2) is 0 Å². The van der Waals surface area contributed by atoms with E-state index in [1.807, 2.05) is 13.8 Å². The summed E-state index contributed by atoms with van der Waals surface area (Å²) in [5, 5.41) is 0. The second kappa shape index (κ2) is 6.27. The molecule has 5 N–H and O–H groups in total. The largest absolute Gasteiger partial charge is 0.330 e. The van der Waals surface area contributed by atoms with E-state index in [4.69, 9.17) is 11.6 Å². The molecule has 0 aliphatic rings. The van der Waals surface area contributed by atoms with Gasteiger partial charge in [0.05, 0.1) is 5.41 Å². The van der Waals surface area contributed by atoms with Gasteiger partial charge < -0.3 is 5.73 Å². The third-order valence-corrected chi connectivity index (χ3v) is 3.74. The van der Waals surface area contributed by atoms with Crippen LogP contribution in [0.2, 0.25) is 0 Å². The van der Waals surface area contributed by atoms with E-state index in [-0.39, 0.29) is 5.91 Å². The highest BCUT2D eigenvalue weighted by Gasteiger charge is 2.26. The molecule has 0 aromatic carbocycles. The number of hydrogen-bond acceptors (Lipinski definition) is 4.